The number of nitrogens with zero attached hydrogens (tertiary/aromatic N) is 1. The molecule has 0 aliphatic carbocycles. The minimum absolute atomic E-state index is 0.106. The molecule has 1 rings (SSSR count). The fraction of sp³-hybridized carbons (Fsp3) is 0.545. The Labute approximate surface area is 84.0 Å². The van der Waals surface area contributed by atoms with Gasteiger partial charge in [0.25, 0.3) is 0 Å². The molecule has 13 heavy (non-hydrogen) atoms. The largest absolute Gasteiger partial charge is 0.198 e. The van der Waals surface area contributed by atoms with Crippen LogP contribution in [0.1, 0.15) is 37.5 Å². The van der Waals surface area contributed by atoms with Crippen molar-refractivity contribution in [1.29, 1.82) is 5.26 Å². The Morgan fingerprint density at radius 1 is 1.46 bits per heavy atom. The van der Waals surface area contributed by atoms with Crippen LogP contribution >= 0.6 is 11.3 Å². The van der Waals surface area contributed by atoms with Crippen molar-refractivity contribution in [1.82, 2.24) is 0 Å². The van der Waals surface area contributed by atoms with Gasteiger partial charge in [0.2, 0.25) is 0 Å². The Morgan fingerprint density at radius 2 is 2.15 bits per heavy atom. The third-order valence-corrected chi connectivity index (χ3v) is 3.46. The van der Waals surface area contributed by atoms with E-state index in [1.54, 1.807) is 11.3 Å². The van der Waals surface area contributed by atoms with Gasteiger partial charge in [-0.3, -0.25) is 0 Å². The Balaban J connectivity index is 2.80. The molecule has 0 spiro atoms. The van der Waals surface area contributed by atoms with Gasteiger partial charge in [-0.15, -0.1) is 11.3 Å². The molecule has 0 amide bonds. The maximum atomic E-state index is 9.09. The van der Waals surface area contributed by atoms with Gasteiger partial charge in [0.05, 0.1) is 12.0 Å². The topological polar surface area (TPSA) is 23.8 Å². The zero-order valence-corrected chi connectivity index (χ0v) is 8.97. The highest BCUT2D eigenvalue weighted by Gasteiger charge is 2.20. The molecule has 2 heteroatoms. The van der Waals surface area contributed by atoms with Gasteiger partial charge in [0, 0.05) is 4.88 Å². The van der Waals surface area contributed by atoms with E-state index in [0.29, 0.717) is 5.92 Å². The summed E-state index contributed by atoms with van der Waals surface area (Å²) in [5, 5.41) is 11.1. The molecule has 0 aromatic carbocycles. The molecule has 1 unspecified atom stereocenters. The van der Waals surface area contributed by atoms with Crippen LogP contribution in [0.15, 0.2) is 17.5 Å². The van der Waals surface area contributed by atoms with E-state index in [1.807, 2.05) is 11.4 Å². The summed E-state index contributed by atoms with van der Waals surface area (Å²) in [6.07, 6.45) is 2.18. The fourth-order valence-electron chi connectivity index (χ4n) is 1.63. The van der Waals surface area contributed by atoms with Crippen molar-refractivity contribution in [2.24, 2.45) is 5.92 Å². The minimum atomic E-state index is 0.106. The number of rotatable bonds is 4. The van der Waals surface area contributed by atoms with Gasteiger partial charge in [0.15, 0.2) is 0 Å². The zero-order chi connectivity index (χ0) is 9.68. The summed E-state index contributed by atoms with van der Waals surface area (Å²) >= 11 is 1.69. The van der Waals surface area contributed by atoms with Crippen molar-refractivity contribution >= 4 is 11.3 Å². The Morgan fingerprint density at radius 3 is 2.54 bits per heavy atom. The standard InChI is InChI=1S/C11H15NS/c1-3-9(4-2)10(8-12)11-6-5-7-13-11/h5-7,9-10H,3-4H2,1-2H3. The fourth-order valence-corrected chi connectivity index (χ4v) is 2.49. The van der Waals surface area contributed by atoms with Gasteiger partial charge in [-0.05, 0) is 17.4 Å². The van der Waals surface area contributed by atoms with Gasteiger partial charge < -0.3 is 0 Å². The van der Waals surface area contributed by atoms with E-state index < -0.39 is 0 Å². The van der Waals surface area contributed by atoms with Crippen molar-refractivity contribution in [2.75, 3.05) is 0 Å². The molecule has 70 valence electrons. The lowest BCUT2D eigenvalue weighted by atomic mass is 9.88. The number of thiophene rings is 1. The van der Waals surface area contributed by atoms with E-state index in [0.717, 1.165) is 12.8 Å². The summed E-state index contributed by atoms with van der Waals surface area (Å²) in [7, 11) is 0. The van der Waals surface area contributed by atoms with Crippen LogP contribution in [0.5, 0.6) is 0 Å². The molecule has 1 aromatic rings. The molecule has 0 saturated carbocycles. The summed E-state index contributed by atoms with van der Waals surface area (Å²) in [6, 6.07) is 6.50. The van der Waals surface area contributed by atoms with Crippen molar-refractivity contribution < 1.29 is 0 Å². The molecular formula is C11H15NS. The van der Waals surface area contributed by atoms with Crippen LogP contribution in [0.3, 0.4) is 0 Å². The first-order chi connectivity index (χ1) is 6.33. The molecule has 1 aromatic heterocycles. The summed E-state index contributed by atoms with van der Waals surface area (Å²) in [6.45, 7) is 4.32. The molecule has 0 fully saturated rings. The van der Waals surface area contributed by atoms with Gasteiger partial charge >= 0.3 is 0 Å². The smallest absolute Gasteiger partial charge is 0.0833 e. The lowest BCUT2D eigenvalue weighted by Gasteiger charge is -2.16. The first-order valence-corrected chi connectivity index (χ1v) is 5.64. The van der Waals surface area contributed by atoms with E-state index >= 15 is 0 Å². The molecule has 1 atom stereocenters. The average Bonchev–Trinajstić information content (AvgIpc) is 2.66. The first-order valence-electron chi connectivity index (χ1n) is 4.76. The van der Waals surface area contributed by atoms with Crippen LogP contribution in [0, 0.1) is 17.2 Å². The van der Waals surface area contributed by atoms with E-state index in [9.17, 15) is 0 Å². The Hall–Kier alpha value is -0.810. The summed E-state index contributed by atoms with van der Waals surface area (Å²) < 4.78 is 0. The molecule has 0 saturated heterocycles. The number of nitriles is 1. The van der Waals surface area contributed by atoms with Gasteiger partial charge in [0.1, 0.15) is 0 Å². The highest BCUT2D eigenvalue weighted by molar-refractivity contribution is 7.10. The maximum absolute atomic E-state index is 9.09. The molecular weight excluding hydrogens is 178 g/mol. The quantitative estimate of drug-likeness (QED) is 0.713. The van der Waals surface area contributed by atoms with Crippen LogP contribution in [0.25, 0.3) is 0 Å². The Bertz CT molecular complexity index is 267. The molecule has 1 nitrogen and oxygen atoms in total. The van der Waals surface area contributed by atoms with Gasteiger partial charge in [-0.25, -0.2) is 0 Å². The van der Waals surface area contributed by atoms with E-state index in [2.05, 4.69) is 26.0 Å². The molecule has 0 aliphatic heterocycles. The molecule has 1 heterocycles. The van der Waals surface area contributed by atoms with E-state index in [4.69, 9.17) is 5.26 Å². The lowest BCUT2D eigenvalue weighted by molar-refractivity contribution is 0.457. The summed E-state index contributed by atoms with van der Waals surface area (Å²) in [4.78, 5) is 1.22. The summed E-state index contributed by atoms with van der Waals surface area (Å²) in [5.74, 6) is 0.624. The SMILES string of the molecule is CCC(CC)C(C#N)c1cccs1. The first kappa shape index (κ1) is 10.3. The predicted octanol–water partition coefficient (Wildman–Crippen LogP) is 3.79. The highest BCUT2D eigenvalue weighted by Crippen LogP contribution is 2.31. The van der Waals surface area contributed by atoms with Crippen molar-refractivity contribution in [3.05, 3.63) is 22.4 Å². The average molecular weight is 193 g/mol. The summed E-state index contributed by atoms with van der Waals surface area (Å²) in [5.41, 5.74) is 0. The van der Waals surface area contributed by atoms with Gasteiger partial charge in [-0.1, -0.05) is 32.8 Å². The van der Waals surface area contributed by atoms with E-state index in [1.165, 1.54) is 4.88 Å². The number of hydrogen-bond donors (Lipinski definition) is 0. The molecule has 0 bridgehead atoms. The second-order valence-corrected chi connectivity index (χ2v) is 4.18. The van der Waals surface area contributed by atoms with Crippen LogP contribution in [0.2, 0.25) is 0 Å². The third-order valence-electron chi connectivity index (χ3n) is 2.51. The van der Waals surface area contributed by atoms with E-state index in [-0.39, 0.29) is 5.92 Å². The lowest BCUT2D eigenvalue weighted by Crippen LogP contribution is -2.08. The Kier molecular flexibility index (Phi) is 3.98. The van der Waals surface area contributed by atoms with Gasteiger partial charge in [-0.2, -0.15) is 5.26 Å². The third kappa shape index (κ3) is 2.32. The molecule has 0 aliphatic rings. The minimum Gasteiger partial charge on any atom is -0.198 e. The maximum Gasteiger partial charge on any atom is 0.0833 e. The van der Waals surface area contributed by atoms with Crippen molar-refractivity contribution in [2.45, 2.75) is 32.6 Å². The van der Waals surface area contributed by atoms with Crippen molar-refractivity contribution in [3.8, 4) is 6.07 Å². The van der Waals surface area contributed by atoms with Crippen LogP contribution in [-0.4, -0.2) is 0 Å². The van der Waals surface area contributed by atoms with Crippen LogP contribution < -0.4 is 0 Å². The molecule has 0 radical (unpaired) electrons. The second kappa shape index (κ2) is 5.04. The predicted molar refractivity (Wildman–Crippen MR) is 56.7 cm³/mol. The monoisotopic (exact) mass is 193 g/mol. The highest BCUT2D eigenvalue weighted by atomic mass is 32.1. The normalized spacial score (nSPS) is 12.8. The van der Waals surface area contributed by atoms with Crippen molar-refractivity contribution in [3.63, 3.8) is 0 Å². The zero-order valence-electron chi connectivity index (χ0n) is 8.16. The second-order valence-electron chi connectivity index (χ2n) is 3.20. The number of hydrogen-bond acceptors (Lipinski definition) is 2. The van der Waals surface area contributed by atoms with Crippen LogP contribution in [0.4, 0.5) is 0 Å². The molecule has 0 N–H and O–H groups in total. The van der Waals surface area contributed by atoms with Crippen LogP contribution in [-0.2, 0) is 0 Å².